The summed E-state index contributed by atoms with van der Waals surface area (Å²) in [5.41, 5.74) is 2.97. The van der Waals surface area contributed by atoms with Crippen LogP contribution in [0, 0.1) is 12.8 Å². The van der Waals surface area contributed by atoms with Crippen LogP contribution in [0.1, 0.15) is 36.8 Å². The Bertz CT molecular complexity index is 1010. The van der Waals surface area contributed by atoms with Gasteiger partial charge in [0.25, 0.3) is 5.56 Å². The minimum absolute atomic E-state index is 0.0135. The molecular weight excluding hydrogens is 334 g/mol. The van der Waals surface area contributed by atoms with Gasteiger partial charge in [0.1, 0.15) is 10.5 Å². The predicted octanol–water partition coefficient (Wildman–Crippen LogP) is 2.85. The second kappa shape index (κ2) is 5.51. The number of rotatable bonds is 2. The Balaban J connectivity index is 1.59. The highest BCUT2D eigenvalue weighted by Gasteiger charge is 2.35. The van der Waals surface area contributed by atoms with Crippen molar-refractivity contribution in [3.8, 4) is 10.4 Å². The minimum Gasteiger partial charge on any atom is -0.308 e. The van der Waals surface area contributed by atoms with E-state index in [2.05, 4.69) is 15.0 Å². The number of aromatic nitrogens is 4. The van der Waals surface area contributed by atoms with E-state index in [4.69, 9.17) is 4.98 Å². The summed E-state index contributed by atoms with van der Waals surface area (Å²) in [6.45, 7) is 4.30. The molecule has 1 atom stereocenters. The quantitative estimate of drug-likeness (QED) is 0.768. The summed E-state index contributed by atoms with van der Waals surface area (Å²) in [6.07, 6.45) is 5.55. The first-order chi connectivity index (χ1) is 12.1. The van der Waals surface area contributed by atoms with Crippen LogP contribution in [-0.4, -0.2) is 37.7 Å². The largest absolute Gasteiger partial charge is 0.308 e. The Kier molecular flexibility index (Phi) is 3.36. The van der Waals surface area contributed by atoms with E-state index in [1.165, 1.54) is 24.2 Å². The molecule has 2 bridgehead atoms. The summed E-state index contributed by atoms with van der Waals surface area (Å²) in [4.78, 5) is 24.1. The van der Waals surface area contributed by atoms with Gasteiger partial charge in [0.15, 0.2) is 0 Å². The Morgan fingerprint density at radius 1 is 1.32 bits per heavy atom. The zero-order valence-corrected chi connectivity index (χ0v) is 15.3. The van der Waals surface area contributed by atoms with Gasteiger partial charge in [-0.15, -0.1) is 11.3 Å². The number of piperidine rings is 3. The number of aryl methyl sites for hydroxylation is 1. The van der Waals surface area contributed by atoms with Crippen LogP contribution in [0.25, 0.3) is 20.7 Å². The molecule has 3 aliphatic heterocycles. The summed E-state index contributed by atoms with van der Waals surface area (Å²) >= 11 is 1.50. The Morgan fingerprint density at radius 3 is 2.76 bits per heavy atom. The Labute approximate surface area is 149 Å². The van der Waals surface area contributed by atoms with Gasteiger partial charge in [0.2, 0.25) is 0 Å². The minimum atomic E-state index is -0.0135. The first-order valence-electron chi connectivity index (χ1n) is 8.87. The lowest BCUT2D eigenvalue weighted by Crippen LogP contribution is -2.44. The molecular formula is C18H21N5OS. The van der Waals surface area contributed by atoms with Gasteiger partial charge >= 0.3 is 0 Å². The van der Waals surface area contributed by atoms with Crippen LogP contribution in [0.15, 0.2) is 17.1 Å². The van der Waals surface area contributed by atoms with Crippen LogP contribution < -0.4 is 5.56 Å². The van der Waals surface area contributed by atoms with Crippen LogP contribution in [0.2, 0.25) is 0 Å². The highest BCUT2D eigenvalue weighted by Crippen LogP contribution is 2.40. The average molecular weight is 355 g/mol. The van der Waals surface area contributed by atoms with Gasteiger partial charge in [-0.2, -0.15) is 5.10 Å². The fourth-order valence-corrected chi connectivity index (χ4v) is 5.29. The monoisotopic (exact) mass is 355 g/mol. The predicted molar refractivity (Wildman–Crippen MR) is 98.8 cm³/mol. The number of fused-ring (bicyclic) bond motifs is 4. The number of H-pyrrole nitrogens is 1. The van der Waals surface area contributed by atoms with Crippen molar-refractivity contribution in [3.63, 3.8) is 0 Å². The fourth-order valence-electron chi connectivity index (χ4n) is 4.24. The molecule has 0 radical (unpaired) electrons. The number of thiophene rings is 1. The number of nitrogens with zero attached hydrogens (tertiary/aromatic N) is 4. The maximum absolute atomic E-state index is 12.7. The molecule has 0 saturated carbocycles. The Hall–Kier alpha value is -1.99. The zero-order chi connectivity index (χ0) is 17.1. The highest BCUT2D eigenvalue weighted by molar-refractivity contribution is 7.22. The first kappa shape index (κ1) is 15.3. The number of nitrogens with one attached hydrogen (secondary N) is 1. The molecule has 130 valence electrons. The van der Waals surface area contributed by atoms with E-state index >= 15 is 0 Å². The molecule has 25 heavy (non-hydrogen) atoms. The maximum atomic E-state index is 12.7. The molecule has 3 aliphatic rings. The SMILES string of the molecule is Cc1c(-c2cc3nc([C@@H]4CC5CCN4CC5)[nH]c(=O)c3s2)cnn1C. The van der Waals surface area contributed by atoms with E-state index < -0.39 is 0 Å². The highest BCUT2D eigenvalue weighted by atomic mass is 32.1. The van der Waals surface area contributed by atoms with Gasteiger partial charge in [0.05, 0.1) is 17.8 Å². The van der Waals surface area contributed by atoms with Gasteiger partial charge < -0.3 is 4.98 Å². The summed E-state index contributed by atoms with van der Waals surface area (Å²) in [5.74, 6) is 1.63. The average Bonchev–Trinajstić information content (AvgIpc) is 3.20. The zero-order valence-electron chi connectivity index (χ0n) is 14.5. The lowest BCUT2D eigenvalue weighted by Gasteiger charge is -2.44. The molecule has 1 N–H and O–H groups in total. The van der Waals surface area contributed by atoms with Crippen molar-refractivity contribution < 1.29 is 0 Å². The molecule has 0 spiro atoms. The molecule has 0 aliphatic carbocycles. The number of hydrogen-bond donors (Lipinski definition) is 1. The molecule has 7 heteroatoms. The third-order valence-corrected chi connectivity index (χ3v) is 7.02. The van der Waals surface area contributed by atoms with Gasteiger partial charge in [-0.1, -0.05) is 0 Å². The van der Waals surface area contributed by atoms with Gasteiger partial charge in [-0.25, -0.2) is 4.98 Å². The molecule has 0 aromatic carbocycles. The topological polar surface area (TPSA) is 66.8 Å². The molecule has 0 amide bonds. The molecule has 3 fully saturated rings. The lowest BCUT2D eigenvalue weighted by atomic mass is 9.83. The summed E-state index contributed by atoms with van der Waals surface area (Å²) in [6, 6.07) is 2.31. The van der Waals surface area contributed by atoms with Crippen molar-refractivity contribution in [1.82, 2.24) is 24.6 Å². The molecule has 3 aromatic heterocycles. The molecule has 6 heterocycles. The smallest absolute Gasteiger partial charge is 0.268 e. The molecule has 3 saturated heterocycles. The van der Waals surface area contributed by atoms with E-state index in [0.29, 0.717) is 4.70 Å². The number of hydrogen-bond acceptors (Lipinski definition) is 5. The normalized spacial score (nSPS) is 25.8. The van der Waals surface area contributed by atoms with E-state index in [-0.39, 0.29) is 11.6 Å². The van der Waals surface area contributed by atoms with E-state index in [0.717, 1.165) is 52.9 Å². The molecule has 6 nitrogen and oxygen atoms in total. The summed E-state index contributed by atoms with van der Waals surface area (Å²) in [7, 11) is 1.93. The van der Waals surface area contributed by atoms with Gasteiger partial charge in [0, 0.05) is 23.2 Å². The Morgan fingerprint density at radius 2 is 2.12 bits per heavy atom. The van der Waals surface area contributed by atoms with E-state index in [9.17, 15) is 4.79 Å². The van der Waals surface area contributed by atoms with Crippen LogP contribution in [0.5, 0.6) is 0 Å². The fraction of sp³-hybridized carbons (Fsp3) is 0.500. The summed E-state index contributed by atoms with van der Waals surface area (Å²) in [5, 5.41) is 4.31. The van der Waals surface area contributed by atoms with Crippen molar-refractivity contribution in [1.29, 1.82) is 0 Å². The third-order valence-electron chi connectivity index (χ3n) is 5.86. The second-order valence-corrected chi connectivity index (χ2v) is 8.33. The van der Waals surface area contributed by atoms with Crippen molar-refractivity contribution in [2.75, 3.05) is 13.1 Å². The van der Waals surface area contributed by atoms with Crippen LogP contribution >= 0.6 is 11.3 Å². The molecule has 0 unspecified atom stereocenters. The first-order valence-corrected chi connectivity index (χ1v) is 9.68. The van der Waals surface area contributed by atoms with E-state index in [1.807, 2.05) is 30.9 Å². The number of aromatic amines is 1. The van der Waals surface area contributed by atoms with Crippen LogP contribution in [0.3, 0.4) is 0 Å². The van der Waals surface area contributed by atoms with E-state index in [1.54, 1.807) is 0 Å². The third kappa shape index (κ3) is 2.37. The van der Waals surface area contributed by atoms with Crippen LogP contribution in [-0.2, 0) is 7.05 Å². The van der Waals surface area contributed by atoms with Crippen molar-refractivity contribution >= 4 is 21.6 Å². The standard InChI is InChI=1S/C18H21N5OS/c1-10-12(9-19-22(10)2)15-8-13-16(25-15)18(24)21-17(20-13)14-7-11-3-5-23(14)6-4-11/h8-9,11,14H,3-7H2,1-2H3,(H,20,21,24)/t14-/m0/s1. The second-order valence-electron chi connectivity index (χ2n) is 7.27. The van der Waals surface area contributed by atoms with Gasteiger partial charge in [-0.05, 0) is 51.3 Å². The van der Waals surface area contributed by atoms with Gasteiger partial charge in [-0.3, -0.25) is 14.4 Å². The van der Waals surface area contributed by atoms with Crippen molar-refractivity contribution in [2.24, 2.45) is 13.0 Å². The lowest BCUT2D eigenvalue weighted by molar-refractivity contribution is 0.0445. The van der Waals surface area contributed by atoms with Crippen molar-refractivity contribution in [2.45, 2.75) is 32.2 Å². The maximum Gasteiger partial charge on any atom is 0.268 e. The molecule has 6 rings (SSSR count). The summed E-state index contributed by atoms with van der Waals surface area (Å²) < 4.78 is 2.56. The van der Waals surface area contributed by atoms with Crippen molar-refractivity contribution in [3.05, 3.63) is 34.1 Å². The van der Waals surface area contributed by atoms with Crippen LogP contribution in [0.4, 0.5) is 0 Å². The molecule has 3 aromatic rings.